The second-order valence-corrected chi connectivity index (χ2v) is 8.79. The molecule has 1 fully saturated rings. The Balaban J connectivity index is 1.35. The molecule has 1 aliphatic rings. The van der Waals surface area contributed by atoms with Crippen LogP contribution in [0.25, 0.3) is 11.4 Å². The minimum absolute atomic E-state index is 0.0179. The Morgan fingerprint density at radius 2 is 1.97 bits per heavy atom. The smallest absolute Gasteiger partial charge is 0.253 e. The van der Waals surface area contributed by atoms with Gasteiger partial charge in [-0.3, -0.25) is 19.7 Å². The molecule has 5 rings (SSSR count). The summed E-state index contributed by atoms with van der Waals surface area (Å²) in [6.45, 7) is 1.33. The number of carbonyl (C=O) groups excluding carboxylic acids is 1. The molecule has 8 nitrogen and oxygen atoms in total. The number of amides is 1. The Bertz CT molecular complexity index is 1330. The van der Waals surface area contributed by atoms with Crippen LogP contribution in [0, 0.1) is 0 Å². The van der Waals surface area contributed by atoms with Crippen molar-refractivity contribution in [3.8, 4) is 17.1 Å². The number of carbonyl (C=O) groups is 1. The number of piperidine rings is 1. The van der Waals surface area contributed by atoms with Gasteiger partial charge in [-0.15, -0.1) is 0 Å². The summed E-state index contributed by atoms with van der Waals surface area (Å²) in [6.07, 6.45) is 11.2. The quantitative estimate of drug-likeness (QED) is 0.427. The fourth-order valence-corrected chi connectivity index (χ4v) is 4.75. The summed E-state index contributed by atoms with van der Waals surface area (Å²) in [4.78, 5) is 33.4. The lowest BCUT2D eigenvalue weighted by Crippen LogP contribution is -2.39. The highest BCUT2D eigenvalue weighted by Crippen LogP contribution is 2.32. The van der Waals surface area contributed by atoms with Crippen LogP contribution in [0.2, 0.25) is 0 Å². The van der Waals surface area contributed by atoms with Crippen molar-refractivity contribution in [2.75, 3.05) is 20.2 Å². The molecule has 3 aromatic heterocycles. The van der Waals surface area contributed by atoms with Crippen LogP contribution in [-0.2, 0) is 13.5 Å². The molecule has 0 saturated carbocycles. The molecule has 8 heteroatoms. The van der Waals surface area contributed by atoms with Gasteiger partial charge < -0.3 is 14.2 Å². The van der Waals surface area contributed by atoms with E-state index in [0.29, 0.717) is 18.5 Å². The first-order chi connectivity index (χ1) is 17.1. The van der Waals surface area contributed by atoms with E-state index in [4.69, 9.17) is 4.74 Å². The van der Waals surface area contributed by atoms with Gasteiger partial charge in [0.2, 0.25) is 0 Å². The maximum atomic E-state index is 13.5. The summed E-state index contributed by atoms with van der Waals surface area (Å²) in [5.41, 5.74) is 5.19. The Morgan fingerprint density at radius 1 is 1.11 bits per heavy atom. The average Bonchev–Trinajstić information content (AvgIpc) is 3.34. The van der Waals surface area contributed by atoms with Crippen LogP contribution >= 0.6 is 0 Å². The summed E-state index contributed by atoms with van der Waals surface area (Å²) >= 11 is 0. The first-order valence-corrected chi connectivity index (χ1v) is 11.8. The van der Waals surface area contributed by atoms with Crippen LogP contribution in [0.5, 0.6) is 5.75 Å². The Kier molecular flexibility index (Phi) is 6.52. The van der Waals surface area contributed by atoms with Crippen molar-refractivity contribution in [2.45, 2.75) is 25.2 Å². The maximum Gasteiger partial charge on any atom is 0.253 e. The number of likely N-dealkylation sites (tertiary alicyclic amines) is 1. The van der Waals surface area contributed by atoms with Crippen LogP contribution in [0.15, 0.2) is 67.5 Å². The highest BCUT2D eigenvalue weighted by atomic mass is 16.5. The number of hydrogen-bond donors (Lipinski definition) is 0. The van der Waals surface area contributed by atoms with Crippen LogP contribution in [-0.4, -0.2) is 55.5 Å². The van der Waals surface area contributed by atoms with Crippen LogP contribution in [0.4, 0.5) is 0 Å². The second kappa shape index (κ2) is 10.0. The summed E-state index contributed by atoms with van der Waals surface area (Å²) in [6, 6.07) is 11.6. The molecule has 1 aromatic carbocycles. The molecule has 4 heterocycles. The molecule has 0 radical (unpaired) electrons. The van der Waals surface area contributed by atoms with E-state index >= 15 is 0 Å². The van der Waals surface area contributed by atoms with Crippen LogP contribution in [0.3, 0.4) is 0 Å². The van der Waals surface area contributed by atoms with Crippen LogP contribution in [0.1, 0.15) is 46.1 Å². The second-order valence-electron chi connectivity index (χ2n) is 8.79. The lowest BCUT2D eigenvalue weighted by molar-refractivity contribution is 0.0705. The van der Waals surface area contributed by atoms with Gasteiger partial charge in [0.1, 0.15) is 11.4 Å². The zero-order valence-corrected chi connectivity index (χ0v) is 20.0. The van der Waals surface area contributed by atoms with Crippen molar-refractivity contribution < 1.29 is 9.53 Å². The van der Waals surface area contributed by atoms with Gasteiger partial charge >= 0.3 is 0 Å². The number of methoxy groups -OCH3 is 1. The Labute approximate surface area is 204 Å². The van der Waals surface area contributed by atoms with Gasteiger partial charge in [0.05, 0.1) is 31.0 Å². The molecular weight excluding hydrogens is 440 g/mol. The van der Waals surface area contributed by atoms with E-state index in [1.54, 1.807) is 44.3 Å². The average molecular weight is 469 g/mol. The predicted molar refractivity (Wildman–Crippen MR) is 132 cm³/mol. The van der Waals surface area contributed by atoms with E-state index in [1.807, 2.05) is 46.8 Å². The predicted octanol–water partition coefficient (Wildman–Crippen LogP) is 3.89. The van der Waals surface area contributed by atoms with Crippen molar-refractivity contribution in [3.63, 3.8) is 0 Å². The molecule has 0 bridgehead atoms. The fraction of sp³-hybridized carbons (Fsp3) is 0.296. The summed E-state index contributed by atoms with van der Waals surface area (Å²) in [5, 5.41) is 0. The van der Waals surface area contributed by atoms with E-state index in [-0.39, 0.29) is 11.8 Å². The highest BCUT2D eigenvalue weighted by molar-refractivity contribution is 5.94. The SMILES string of the molecule is COc1ccccc1Cc1cc(C(=O)N2CCCC(c3nccnc3-c3cncn3C)C2)ccn1. The molecule has 1 atom stereocenters. The number of pyridine rings is 1. The van der Waals surface area contributed by atoms with E-state index in [0.717, 1.165) is 53.5 Å². The number of nitrogens with zero attached hydrogens (tertiary/aromatic N) is 6. The van der Waals surface area contributed by atoms with E-state index in [2.05, 4.69) is 19.9 Å². The minimum atomic E-state index is 0.0179. The fourth-order valence-electron chi connectivity index (χ4n) is 4.75. The van der Waals surface area contributed by atoms with E-state index in [9.17, 15) is 4.79 Å². The van der Waals surface area contributed by atoms with Crippen LogP contribution < -0.4 is 4.74 Å². The first-order valence-electron chi connectivity index (χ1n) is 11.8. The normalized spacial score (nSPS) is 15.7. The molecule has 4 aromatic rings. The lowest BCUT2D eigenvalue weighted by atomic mass is 9.92. The molecular formula is C27H28N6O2. The minimum Gasteiger partial charge on any atom is -0.496 e. The third-order valence-electron chi connectivity index (χ3n) is 6.51. The number of rotatable bonds is 6. The molecule has 0 N–H and O–H groups in total. The van der Waals surface area contributed by atoms with Crippen molar-refractivity contribution in [1.82, 2.24) is 29.4 Å². The highest BCUT2D eigenvalue weighted by Gasteiger charge is 2.29. The standard InChI is InChI=1S/C27H28N6O2/c1-32-18-28-16-23(32)26-25(30-11-12-31-26)21-7-5-13-33(17-21)27(34)20-9-10-29-22(15-20)14-19-6-3-4-8-24(19)35-2/h3-4,6,8-12,15-16,18,21H,5,7,13-14,17H2,1-2H3. The molecule has 0 spiro atoms. The van der Waals surface area contributed by atoms with E-state index in [1.165, 1.54) is 0 Å². The van der Waals surface area contributed by atoms with Crippen molar-refractivity contribution in [3.05, 3.63) is 90.0 Å². The van der Waals surface area contributed by atoms with Crippen molar-refractivity contribution in [1.29, 1.82) is 0 Å². The molecule has 0 aliphatic carbocycles. The van der Waals surface area contributed by atoms with Gasteiger partial charge in [-0.1, -0.05) is 18.2 Å². The number of aromatic nitrogens is 5. The number of hydrogen-bond acceptors (Lipinski definition) is 6. The number of aryl methyl sites for hydroxylation is 1. The summed E-state index contributed by atoms with van der Waals surface area (Å²) in [7, 11) is 3.61. The molecule has 1 saturated heterocycles. The zero-order valence-electron chi connectivity index (χ0n) is 20.0. The number of benzene rings is 1. The monoisotopic (exact) mass is 468 g/mol. The van der Waals surface area contributed by atoms with Gasteiger partial charge in [-0.25, -0.2) is 4.98 Å². The largest absolute Gasteiger partial charge is 0.496 e. The van der Waals surface area contributed by atoms with Gasteiger partial charge in [0, 0.05) is 67.9 Å². The number of ether oxygens (including phenoxy) is 1. The van der Waals surface area contributed by atoms with E-state index < -0.39 is 0 Å². The topological polar surface area (TPSA) is 86.0 Å². The Hall–Kier alpha value is -4.07. The van der Waals surface area contributed by atoms with Crippen molar-refractivity contribution in [2.24, 2.45) is 7.05 Å². The summed E-state index contributed by atoms with van der Waals surface area (Å²) < 4.78 is 7.41. The summed E-state index contributed by atoms with van der Waals surface area (Å²) in [5.74, 6) is 0.948. The lowest BCUT2D eigenvalue weighted by Gasteiger charge is -2.33. The van der Waals surface area contributed by atoms with Gasteiger partial charge in [0.25, 0.3) is 5.91 Å². The third-order valence-corrected chi connectivity index (χ3v) is 6.51. The molecule has 178 valence electrons. The van der Waals surface area contributed by atoms with Gasteiger partial charge in [0.15, 0.2) is 0 Å². The third kappa shape index (κ3) is 4.77. The number of para-hydroxylation sites is 1. The first kappa shape index (κ1) is 22.7. The van der Waals surface area contributed by atoms with Gasteiger partial charge in [-0.05, 0) is 31.0 Å². The van der Waals surface area contributed by atoms with Crippen molar-refractivity contribution >= 4 is 5.91 Å². The number of imidazole rings is 1. The molecule has 1 aliphatic heterocycles. The molecule has 1 unspecified atom stereocenters. The Morgan fingerprint density at radius 3 is 2.80 bits per heavy atom. The van der Waals surface area contributed by atoms with Gasteiger partial charge in [-0.2, -0.15) is 0 Å². The molecule has 35 heavy (non-hydrogen) atoms. The zero-order chi connectivity index (χ0) is 24.2. The maximum absolute atomic E-state index is 13.5. The molecule has 1 amide bonds.